The minimum absolute atomic E-state index is 0. The van der Waals surface area contributed by atoms with E-state index in [4.69, 9.17) is 0 Å². The van der Waals surface area contributed by atoms with Gasteiger partial charge in [-0.1, -0.05) is 6.92 Å². The summed E-state index contributed by atoms with van der Waals surface area (Å²) in [4.78, 5) is 16.1. The van der Waals surface area contributed by atoms with Crippen LogP contribution in [0, 0.1) is 13.8 Å². The highest BCUT2D eigenvalue weighted by molar-refractivity contribution is 5.95. The predicted octanol–water partition coefficient (Wildman–Crippen LogP) is 2.27. The number of aromatic nitrogens is 1. The quantitative estimate of drug-likeness (QED) is 0.793. The molecule has 0 radical (unpaired) electrons. The monoisotopic (exact) mass is 307 g/mol. The Morgan fingerprint density at radius 2 is 1.84 bits per heavy atom. The summed E-state index contributed by atoms with van der Waals surface area (Å²) in [6.07, 6.45) is 1.11. The van der Waals surface area contributed by atoms with Crippen LogP contribution in [0.5, 0.6) is 0 Å². The summed E-state index contributed by atoms with van der Waals surface area (Å²) in [5, 5.41) is 6.11. The molecule has 0 saturated carbocycles. The molecule has 110 valence electrons. The van der Waals surface area contributed by atoms with E-state index in [1.807, 2.05) is 26.0 Å². The first-order chi connectivity index (χ1) is 8.15. The summed E-state index contributed by atoms with van der Waals surface area (Å²) in [6.45, 7) is 8.33. The van der Waals surface area contributed by atoms with Gasteiger partial charge >= 0.3 is 0 Å². The SMILES string of the molecule is CCCNCCNC(=O)c1ccc(C)nc1C.Cl.Cl. The van der Waals surface area contributed by atoms with Gasteiger partial charge < -0.3 is 10.6 Å². The third-order valence-electron chi connectivity index (χ3n) is 2.48. The lowest BCUT2D eigenvalue weighted by Crippen LogP contribution is -2.32. The third kappa shape index (κ3) is 7.35. The average molecular weight is 308 g/mol. The molecule has 0 bridgehead atoms. The van der Waals surface area contributed by atoms with Crippen LogP contribution in [0.1, 0.15) is 35.1 Å². The number of pyridine rings is 1. The van der Waals surface area contributed by atoms with E-state index in [1.54, 1.807) is 0 Å². The topological polar surface area (TPSA) is 54.0 Å². The zero-order chi connectivity index (χ0) is 12.7. The molecule has 1 heterocycles. The minimum atomic E-state index is -0.0479. The molecular formula is C13H23Cl2N3O. The Morgan fingerprint density at radius 1 is 1.16 bits per heavy atom. The van der Waals surface area contributed by atoms with Crippen molar-refractivity contribution in [3.8, 4) is 0 Å². The number of rotatable bonds is 6. The van der Waals surface area contributed by atoms with Crippen molar-refractivity contribution >= 4 is 30.7 Å². The Bertz CT molecular complexity index is 386. The number of aryl methyl sites for hydroxylation is 2. The van der Waals surface area contributed by atoms with Crippen molar-refractivity contribution in [2.75, 3.05) is 19.6 Å². The van der Waals surface area contributed by atoms with Gasteiger partial charge in [0, 0.05) is 18.8 Å². The van der Waals surface area contributed by atoms with Gasteiger partial charge in [-0.25, -0.2) is 0 Å². The first-order valence-corrected chi connectivity index (χ1v) is 6.08. The van der Waals surface area contributed by atoms with E-state index in [0.29, 0.717) is 12.1 Å². The van der Waals surface area contributed by atoms with E-state index in [9.17, 15) is 4.79 Å². The van der Waals surface area contributed by atoms with Crippen LogP contribution in [-0.4, -0.2) is 30.5 Å². The molecule has 0 aliphatic rings. The summed E-state index contributed by atoms with van der Waals surface area (Å²) < 4.78 is 0. The number of hydrogen-bond acceptors (Lipinski definition) is 3. The number of carbonyl (C=O) groups is 1. The van der Waals surface area contributed by atoms with Gasteiger partial charge in [-0.3, -0.25) is 9.78 Å². The predicted molar refractivity (Wildman–Crippen MR) is 83.7 cm³/mol. The Hall–Kier alpha value is -0.840. The summed E-state index contributed by atoms with van der Waals surface area (Å²) in [6, 6.07) is 3.68. The van der Waals surface area contributed by atoms with Crippen molar-refractivity contribution in [2.24, 2.45) is 0 Å². The van der Waals surface area contributed by atoms with Gasteiger partial charge in [0.2, 0.25) is 0 Å². The van der Waals surface area contributed by atoms with Gasteiger partial charge in [0.25, 0.3) is 5.91 Å². The second-order valence-corrected chi connectivity index (χ2v) is 4.09. The molecule has 1 aromatic rings. The molecule has 0 aliphatic carbocycles. The number of hydrogen-bond donors (Lipinski definition) is 2. The van der Waals surface area contributed by atoms with Gasteiger partial charge in [-0.15, -0.1) is 24.8 Å². The van der Waals surface area contributed by atoms with Crippen molar-refractivity contribution in [3.63, 3.8) is 0 Å². The first kappa shape index (κ1) is 20.5. The molecule has 0 saturated heterocycles. The fourth-order valence-corrected chi connectivity index (χ4v) is 1.59. The highest BCUT2D eigenvalue weighted by atomic mass is 35.5. The number of amides is 1. The Morgan fingerprint density at radius 3 is 2.42 bits per heavy atom. The van der Waals surface area contributed by atoms with Crippen LogP contribution in [0.2, 0.25) is 0 Å². The molecule has 1 rings (SSSR count). The summed E-state index contributed by atoms with van der Waals surface area (Å²) >= 11 is 0. The largest absolute Gasteiger partial charge is 0.351 e. The molecule has 0 aliphatic heterocycles. The maximum Gasteiger partial charge on any atom is 0.253 e. The van der Waals surface area contributed by atoms with Crippen molar-refractivity contribution < 1.29 is 4.79 Å². The van der Waals surface area contributed by atoms with Gasteiger partial charge in [0.15, 0.2) is 0 Å². The van der Waals surface area contributed by atoms with Crippen LogP contribution in [-0.2, 0) is 0 Å². The summed E-state index contributed by atoms with van der Waals surface area (Å²) in [7, 11) is 0. The maximum atomic E-state index is 11.8. The Labute approximate surface area is 127 Å². The van der Waals surface area contributed by atoms with Crippen LogP contribution in [0.15, 0.2) is 12.1 Å². The van der Waals surface area contributed by atoms with E-state index in [1.165, 1.54) is 0 Å². The van der Waals surface area contributed by atoms with Gasteiger partial charge in [-0.05, 0) is 38.9 Å². The smallest absolute Gasteiger partial charge is 0.253 e. The second kappa shape index (κ2) is 11.0. The number of nitrogens with zero attached hydrogens (tertiary/aromatic N) is 1. The first-order valence-electron chi connectivity index (χ1n) is 6.08. The van der Waals surface area contributed by atoms with Crippen LogP contribution < -0.4 is 10.6 Å². The average Bonchev–Trinajstić information content (AvgIpc) is 2.28. The zero-order valence-corrected chi connectivity index (χ0v) is 13.3. The van der Waals surface area contributed by atoms with E-state index in [2.05, 4.69) is 22.5 Å². The van der Waals surface area contributed by atoms with Gasteiger partial charge in [0.05, 0.1) is 11.3 Å². The minimum Gasteiger partial charge on any atom is -0.351 e. The fraction of sp³-hybridized carbons (Fsp3) is 0.538. The summed E-state index contributed by atoms with van der Waals surface area (Å²) in [5.41, 5.74) is 2.37. The lowest BCUT2D eigenvalue weighted by atomic mass is 10.2. The molecule has 0 spiro atoms. The van der Waals surface area contributed by atoms with Crippen molar-refractivity contribution in [2.45, 2.75) is 27.2 Å². The molecule has 0 atom stereocenters. The summed E-state index contributed by atoms with van der Waals surface area (Å²) in [5.74, 6) is -0.0479. The maximum absolute atomic E-state index is 11.8. The Balaban J connectivity index is 0. The van der Waals surface area contributed by atoms with Gasteiger partial charge in [-0.2, -0.15) is 0 Å². The number of carbonyl (C=O) groups excluding carboxylic acids is 1. The highest BCUT2D eigenvalue weighted by Gasteiger charge is 2.08. The van der Waals surface area contributed by atoms with Crippen LogP contribution in [0.3, 0.4) is 0 Å². The molecule has 19 heavy (non-hydrogen) atoms. The molecule has 0 fully saturated rings. The van der Waals surface area contributed by atoms with Crippen molar-refractivity contribution in [3.05, 3.63) is 29.1 Å². The lowest BCUT2D eigenvalue weighted by molar-refractivity contribution is 0.0953. The van der Waals surface area contributed by atoms with E-state index >= 15 is 0 Å². The van der Waals surface area contributed by atoms with Crippen LogP contribution in [0.25, 0.3) is 0 Å². The molecule has 2 N–H and O–H groups in total. The molecule has 4 nitrogen and oxygen atoms in total. The molecule has 1 amide bonds. The normalized spacial score (nSPS) is 9.21. The van der Waals surface area contributed by atoms with Gasteiger partial charge in [0.1, 0.15) is 0 Å². The van der Waals surface area contributed by atoms with Crippen molar-refractivity contribution in [1.29, 1.82) is 0 Å². The van der Waals surface area contributed by atoms with Crippen molar-refractivity contribution in [1.82, 2.24) is 15.6 Å². The number of halogens is 2. The fourth-order valence-electron chi connectivity index (χ4n) is 1.59. The lowest BCUT2D eigenvalue weighted by Gasteiger charge is -2.08. The van der Waals surface area contributed by atoms with E-state index < -0.39 is 0 Å². The molecule has 6 heteroatoms. The Kier molecular flexibility index (Phi) is 11.9. The molecular weight excluding hydrogens is 285 g/mol. The standard InChI is InChI=1S/C13H21N3O.2ClH/c1-4-7-14-8-9-15-13(17)12-6-5-10(2)16-11(12)3;;/h5-6,14H,4,7-9H2,1-3H3,(H,15,17);2*1H. The van der Waals surface area contributed by atoms with E-state index in [0.717, 1.165) is 30.9 Å². The van der Waals surface area contributed by atoms with E-state index in [-0.39, 0.29) is 30.7 Å². The highest BCUT2D eigenvalue weighted by Crippen LogP contribution is 2.05. The molecule has 0 aromatic carbocycles. The van der Waals surface area contributed by atoms with Crippen LogP contribution in [0.4, 0.5) is 0 Å². The zero-order valence-electron chi connectivity index (χ0n) is 11.7. The number of nitrogens with one attached hydrogen (secondary N) is 2. The molecule has 0 unspecified atom stereocenters. The van der Waals surface area contributed by atoms with Crippen LogP contribution >= 0.6 is 24.8 Å². The molecule has 1 aromatic heterocycles. The third-order valence-corrected chi connectivity index (χ3v) is 2.48. The second-order valence-electron chi connectivity index (χ2n) is 4.09.